The minimum absolute atomic E-state index is 0.0246. The summed E-state index contributed by atoms with van der Waals surface area (Å²) in [6.07, 6.45) is 0.310. The van der Waals surface area contributed by atoms with Crippen LogP contribution in [0.2, 0.25) is 0 Å². The molecule has 4 atom stereocenters. The molecule has 1 amide bonds. The molecule has 0 aliphatic carbocycles. The molecule has 1 fully saturated rings. The molecule has 1 saturated heterocycles. The van der Waals surface area contributed by atoms with E-state index in [9.17, 15) is 14.7 Å². The summed E-state index contributed by atoms with van der Waals surface area (Å²) in [7, 11) is 1.90. The van der Waals surface area contributed by atoms with Gasteiger partial charge in [0.1, 0.15) is 6.33 Å². The molecular weight excluding hydrogens is 496 g/mol. The predicted molar refractivity (Wildman–Crippen MR) is 137 cm³/mol. The summed E-state index contributed by atoms with van der Waals surface area (Å²) in [5, 5.41) is 29.8. The van der Waals surface area contributed by atoms with E-state index < -0.39 is 12.3 Å². The van der Waals surface area contributed by atoms with Crippen molar-refractivity contribution in [2.24, 2.45) is 13.0 Å². The number of benzene rings is 2. The van der Waals surface area contributed by atoms with E-state index >= 15 is 0 Å². The van der Waals surface area contributed by atoms with Gasteiger partial charge in [0.05, 0.1) is 25.2 Å². The molecule has 0 unspecified atom stereocenters. The first-order valence-corrected chi connectivity index (χ1v) is 12.9. The molecular formula is C26H30N4O6S. The number of nitrogens with one attached hydrogen (secondary N) is 1. The Morgan fingerprint density at radius 1 is 1.05 bits per heavy atom. The van der Waals surface area contributed by atoms with Crippen LogP contribution in [0.15, 0.2) is 60.0 Å². The van der Waals surface area contributed by atoms with Crippen molar-refractivity contribution in [3.8, 4) is 0 Å². The number of amides is 1. The highest BCUT2D eigenvalue weighted by molar-refractivity contribution is 7.99. The Labute approximate surface area is 219 Å². The van der Waals surface area contributed by atoms with Gasteiger partial charge in [-0.15, -0.1) is 10.2 Å². The van der Waals surface area contributed by atoms with Crippen molar-refractivity contribution in [3.05, 3.63) is 71.5 Å². The number of aromatic nitrogens is 3. The van der Waals surface area contributed by atoms with Gasteiger partial charge in [0, 0.05) is 36.4 Å². The van der Waals surface area contributed by atoms with Crippen LogP contribution in [0.25, 0.3) is 0 Å². The number of aliphatic hydroxyl groups excluding tert-OH is 1. The predicted octanol–water partition coefficient (Wildman–Crippen LogP) is 3.69. The summed E-state index contributed by atoms with van der Waals surface area (Å²) in [4.78, 5) is 22.7. The van der Waals surface area contributed by atoms with Gasteiger partial charge in [0.2, 0.25) is 5.91 Å². The van der Waals surface area contributed by atoms with Gasteiger partial charge >= 0.3 is 5.97 Å². The number of carbonyl (C=O) groups excluding carboxylic acids is 1. The third-order valence-electron chi connectivity index (χ3n) is 6.20. The average molecular weight is 527 g/mol. The maximum absolute atomic E-state index is 12.0. The molecule has 3 N–H and O–H groups in total. The summed E-state index contributed by atoms with van der Waals surface area (Å²) < 4.78 is 14.7. The maximum Gasteiger partial charge on any atom is 0.303 e. The third kappa shape index (κ3) is 6.95. The lowest BCUT2D eigenvalue weighted by Gasteiger charge is -2.41. The van der Waals surface area contributed by atoms with E-state index in [1.165, 1.54) is 0 Å². The van der Waals surface area contributed by atoms with Gasteiger partial charge in [-0.2, -0.15) is 0 Å². The van der Waals surface area contributed by atoms with Gasteiger partial charge in [-0.1, -0.05) is 55.1 Å². The number of aliphatic hydroxyl groups is 1. The van der Waals surface area contributed by atoms with Crippen LogP contribution in [-0.4, -0.2) is 48.7 Å². The van der Waals surface area contributed by atoms with E-state index in [0.29, 0.717) is 11.4 Å². The molecule has 1 aliphatic heterocycles. The number of hydrogen-bond acceptors (Lipinski definition) is 8. The standard InChI is InChI=1S/C26H30N4O6S/c1-16-21(14-37-26-29-27-15-30(26)2)35-25(36-24(16)18-5-3-17(13-31)4-6-18)19-7-9-20(10-8-19)28-22(32)11-12-23(33)34/h3-10,15-16,21,24-25,31H,11-14H2,1-2H3,(H,28,32)(H,33,34)/t16-,21+,24+,25+/m0/s1. The van der Waals surface area contributed by atoms with Crippen molar-refractivity contribution in [2.75, 3.05) is 11.1 Å². The van der Waals surface area contributed by atoms with E-state index in [2.05, 4.69) is 22.4 Å². The fraction of sp³-hybridized carbons (Fsp3) is 0.385. The average Bonchev–Trinajstić information content (AvgIpc) is 3.32. The normalized spacial score (nSPS) is 21.5. The number of carboxylic acids is 1. The van der Waals surface area contributed by atoms with Crippen molar-refractivity contribution in [3.63, 3.8) is 0 Å². The Balaban J connectivity index is 1.51. The zero-order valence-electron chi connectivity index (χ0n) is 20.6. The Kier molecular flexibility index (Phi) is 8.93. The largest absolute Gasteiger partial charge is 0.481 e. The maximum atomic E-state index is 12.0. The molecule has 2 aromatic carbocycles. The van der Waals surface area contributed by atoms with E-state index in [4.69, 9.17) is 14.6 Å². The lowest BCUT2D eigenvalue weighted by Crippen LogP contribution is -2.38. The van der Waals surface area contributed by atoms with E-state index in [1.54, 1.807) is 30.2 Å². The van der Waals surface area contributed by atoms with Gasteiger partial charge in [-0.25, -0.2) is 0 Å². The molecule has 11 heteroatoms. The number of thioether (sulfide) groups is 1. The molecule has 4 rings (SSSR count). The van der Waals surface area contributed by atoms with Crippen LogP contribution in [0.5, 0.6) is 0 Å². The second kappa shape index (κ2) is 12.3. The minimum Gasteiger partial charge on any atom is -0.481 e. The number of carbonyl (C=O) groups is 2. The van der Waals surface area contributed by atoms with Gasteiger partial charge in [0.15, 0.2) is 11.4 Å². The number of hydrogen-bond donors (Lipinski definition) is 3. The first-order chi connectivity index (χ1) is 17.8. The molecule has 37 heavy (non-hydrogen) atoms. The van der Waals surface area contributed by atoms with Crippen molar-refractivity contribution in [2.45, 2.75) is 50.0 Å². The molecule has 1 aliphatic rings. The van der Waals surface area contributed by atoms with Crippen LogP contribution in [0.3, 0.4) is 0 Å². The van der Waals surface area contributed by atoms with Crippen LogP contribution in [0.4, 0.5) is 5.69 Å². The monoisotopic (exact) mass is 526 g/mol. The SMILES string of the molecule is C[C@H]1[C@@H](CSc2nncn2C)O[C@@H](c2ccc(NC(=O)CCC(=O)O)cc2)O[C@H]1c1ccc(CO)cc1. The second-order valence-electron chi connectivity index (χ2n) is 8.92. The Hall–Kier alpha value is -3.25. The molecule has 3 aromatic rings. The summed E-state index contributed by atoms with van der Waals surface area (Å²) in [5.41, 5.74) is 3.18. The van der Waals surface area contributed by atoms with Gasteiger partial charge in [-0.3, -0.25) is 9.59 Å². The van der Waals surface area contributed by atoms with Crippen LogP contribution in [0.1, 0.15) is 48.8 Å². The van der Waals surface area contributed by atoms with Crippen LogP contribution < -0.4 is 5.32 Å². The van der Waals surface area contributed by atoms with E-state index in [0.717, 1.165) is 21.8 Å². The Bertz CT molecular complexity index is 1200. The highest BCUT2D eigenvalue weighted by Gasteiger charge is 2.38. The summed E-state index contributed by atoms with van der Waals surface area (Å²) in [5.74, 6) is -0.693. The number of rotatable bonds is 10. The Morgan fingerprint density at radius 2 is 1.76 bits per heavy atom. The summed E-state index contributed by atoms with van der Waals surface area (Å²) in [6, 6.07) is 14.9. The van der Waals surface area contributed by atoms with Crippen LogP contribution in [0, 0.1) is 5.92 Å². The third-order valence-corrected chi connectivity index (χ3v) is 7.33. The zero-order valence-corrected chi connectivity index (χ0v) is 21.4. The van der Waals surface area contributed by atoms with Crippen LogP contribution in [-0.2, 0) is 32.7 Å². The fourth-order valence-electron chi connectivity index (χ4n) is 4.04. The quantitative estimate of drug-likeness (QED) is 0.338. The molecule has 0 bridgehead atoms. The second-order valence-corrected chi connectivity index (χ2v) is 9.91. The molecule has 0 radical (unpaired) electrons. The van der Waals surface area contributed by atoms with Crippen molar-refractivity contribution in [1.29, 1.82) is 0 Å². The fourth-order valence-corrected chi connectivity index (χ4v) is 5.09. The lowest BCUT2D eigenvalue weighted by molar-refractivity contribution is -0.268. The topological polar surface area (TPSA) is 136 Å². The first-order valence-electron chi connectivity index (χ1n) is 11.9. The van der Waals surface area contributed by atoms with Crippen molar-refractivity contribution < 1.29 is 29.3 Å². The van der Waals surface area contributed by atoms with Gasteiger partial charge in [0.25, 0.3) is 0 Å². The van der Waals surface area contributed by atoms with Crippen LogP contribution >= 0.6 is 11.8 Å². The molecule has 196 valence electrons. The number of carboxylic acid groups (broad SMARTS) is 1. The molecule has 0 spiro atoms. The summed E-state index contributed by atoms with van der Waals surface area (Å²) in [6.45, 7) is 2.07. The molecule has 1 aromatic heterocycles. The minimum atomic E-state index is -1.02. The van der Waals surface area contributed by atoms with Gasteiger partial charge < -0.3 is 29.6 Å². The molecule has 2 heterocycles. The van der Waals surface area contributed by atoms with Crippen molar-refractivity contribution in [1.82, 2.24) is 14.8 Å². The number of aryl methyl sites for hydroxylation is 1. The number of ether oxygens (including phenoxy) is 2. The molecule has 0 saturated carbocycles. The highest BCUT2D eigenvalue weighted by atomic mass is 32.2. The van der Waals surface area contributed by atoms with Gasteiger partial charge in [-0.05, 0) is 23.3 Å². The highest BCUT2D eigenvalue weighted by Crippen LogP contribution is 2.43. The summed E-state index contributed by atoms with van der Waals surface area (Å²) >= 11 is 1.57. The molecule has 10 nitrogen and oxygen atoms in total. The van der Waals surface area contributed by atoms with E-state index in [1.807, 2.05) is 48.0 Å². The van der Waals surface area contributed by atoms with Crippen molar-refractivity contribution >= 4 is 29.3 Å². The smallest absolute Gasteiger partial charge is 0.303 e. The number of nitrogens with zero attached hydrogens (tertiary/aromatic N) is 3. The lowest BCUT2D eigenvalue weighted by atomic mass is 9.91. The van der Waals surface area contributed by atoms with E-state index in [-0.39, 0.29) is 43.5 Å². The Morgan fingerprint density at radius 3 is 2.38 bits per heavy atom. The first kappa shape index (κ1) is 26.8. The number of anilines is 1. The zero-order chi connectivity index (χ0) is 26.4. The number of aliphatic carboxylic acids is 1.